The summed E-state index contributed by atoms with van der Waals surface area (Å²) < 4.78 is 12.9. The Morgan fingerprint density at radius 3 is 2.75 bits per heavy atom. The van der Waals surface area contributed by atoms with Crippen LogP contribution < -0.4 is 5.32 Å². The molecule has 1 heterocycles. The lowest BCUT2D eigenvalue weighted by atomic mass is 9.83. The van der Waals surface area contributed by atoms with Crippen molar-refractivity contribution >= 4 is 5.69 Å². The van der Waals surface area contributed by atoms with Crippen LogP contribution in [0.3, 0.4) is 0 Å². The minimum absolute atomic E-state index is 0.276. The number of halogens is 1. The Balaban J connectivity index is 1.79. The molecule has 0 bridgehead atoms. The first-order chi connectivity index (χ1) is 7.74. The molecule has 88 valence electrons. The fourth-order valence-electron chi connectivity index (χ4n) is 2.30. The molecular weight excluding hydrogens is 203 g/mol. The Morgan fingerprint density at radius 2 is 2.06 bits per heavy atom. The molecule has 2 rings (SSSR count). The molecule has 0 aliphatic heterocycles. The van der Waals surface area contributed by atoms with Crippen molar-refractivity contribution in [2.24, 2.45) is 11.8 Å². The molecule has 1 fully saturated rings. The summed E-state index contributed by atoms with van der Waals surface area (Å²) in [6.07, 6.45) is 8.14. The van der Waals surface area contributed by atoms with E-state index in [9.17, 15) is 4.39 Å². The second-order valence-corrected chi connectivity index (χ2v) is 4.90. The summed E-state index contributed by atoms with van der Waals surface area (Å²) in [5.41, 5.74) is 0.790. The minimum Gasteiger partial charge on any atom is -0.383 e. The number of aromatic nitrogens is 1. The average Bonchev–Trinajstić information content (AvgIpc) is 2.28. The third-order valence-corrected chi connectivity index (χ3v) is 3.44. The molecule has 0 radical (unpaired) electrons. The zero-order chi connectivity index (χ0) is 11.4. The van der Waals surface area contributed by atoms with E-state index in [1.807, 2.05) is 0 Å². The molecule has 1 N–H and O–H groups in total. The third kappa shape index (κ3) is 3.19. The summed E-state index contributed by atoms with van der Waals surface area (Å²) in [5.74, 6) is 1.34. The highest BCUT2D eigenvalue weighted by Crippen LogP contribution is 2.28. The van der Waals surface area contributed by atoms with Gasteiger partial charge in [-0.15, -0.1) is 0 Å². The Kier molecular flexibility index (Phi) is 3.75. The highest BCUT2D eigenvalue weighted by atomic mass is 19.1. The SMILES string of the molecule is CC1CCC(CNc2cncc(F)c2)CC1. The van der Waals surface area contributed by atoms with E-state index in [1.165, 1.54) is 37.9 Å². The van der Waals surface area contributed by atoms with Crippen LogP contribution >= 0.6 is 0 Å². The van der Waals surface area contributed by atoms with Crippen molar-refractivity contribution in [3.05, 3.63) is 24.3 Å². The zero-order valence-corrected chi connectivity index (χ0v) is 9.75. The standard InChI is InChI=1S/C13H19FN2/c1-10-2-4-11(5-3-10)7-16-13-6-12(14)8-15-9-13/h6,8-11,16H,2-5,7H2,1H3. The van der Waals surface area contributed by atoms with Gasteiger partial charge in [0.25, 0.3) is 0 Å². The van der Waals surface area contributed by atoms with E-state index in [0.717, 1.165) is 24.1 Å². The van der Waals surface area contributed by atoms with Gasteiger partial charge in [0.1, 0.15) is 5.82 Å². The van der Waals surface area contributed by atoms with Crippen LogP contribution in [0.5, 0.6) is 0 Å². The largest absolute Gasteiger partial charge is 0.383 e. The maximum absolute atomic E-state index is 12.9. The molecule has 16 heavy (non-hydrogen) atoms. The Morgan fingerprint density at radius 1 is 1.31 bits per heavy atom. The van der Waals surface area contributed by atoms with Gasteiger partial charge in [0.05, 0.1) is 18.1 Å². The molecule has 1 aliphatic rings. The van der Waals surface area contributed by atoms with Gasteiger partial charge in [0.15, 0.2) is 0 Å². The number of rotatable bonds is 3. The molecule has 0 aromatic carbocycles. The van der Waals surface area contributed by atoms with Gasteiger partial charge in [-0.05, 0) is 24.7 Å². The molecule has 2 nitrogen and oxygen atoms in total. The fraction of sp³-hybridized carbons (Fsp3) is 0.615. The van der Waals surface area contributed by atoms with Crippen molar-refractivity contribution in [3.63, 3.8) is 0 Å². The summed E-state index contributed by atoms with van der Waals surface area (Å²) >= 11 is 0. The molecule has 0 unspecified atom stereocenters. The molecule has 3 heteroatoms. The number of hydrogen-bond acceptors (Lipinski definition) is 2. The Hall–Kier alpha value is -1.12. The van der Waals surface area contributed by atoms with E-state index in [2.05, 4.69) is 17.2 Å². The number of nitrogens with one attached hydrogen (secondary N) is 1. The minimum atomic E-state index is -0.276. The van der Waals surface area contributed by atoms with Gasteiger partial charge < -0.3 is 5.32 Å². The molecule has 0 saturated heterocycles. The van der Waals surface area contributed by atoms with Crippen molar-refractivity contribution in [2.75, 3.05) is 11.9 Å². The van der Waals surface area contributed by atoms with Crippen LogP contribution in [0.1, 0.15) is 32.6 Å². The van der Waals surface area contributed by atoms with Crippen molar-refractivity contribution in [1.29, 1.82) is 0 Å². The van der Waals surface area contributed by atoms with Crippen molar-refractivity contribution in [1.82, 2.24) is 4.98 Å². The fourth-order valence-corrected chi connectivity index (χ4v) is 2.30. The summed E-state index contributed by atoms with van der Waals surface area (Å²) in [6.45, 7) is 3.26. The van der Waals surface area contributed by atoms with E-state index in [4.69, 9.17) is 0 Å². The van der Waals surface area contributed by atoms with Crippen LogP contribution in [0.25, 0.3) is 0 Å². The highest BCUT2D eigenvalue weighted by Gasteiger charge is 2.17. The lowest BCUT2D eigenvalue weighted by Crippen LogP contribution is -2.20. The molecule has 0 spiro atoms. The molecule has 1 saturated carbocycles. The third-order valence-electron chi connectivity index (χ3n) is 3.44. The first-order valence-corrected chi connectivity index (χ1v) is 6.08. The maximum Gasteiger partial charge on any atom is 0.143 e. The molecule has 1 aliphatic carbocycles. The van der Waals surface area contributed by atoms with E-state index in [0.29, 0.717) is 0 Å². The van der Waals surface area contributed by atoms with E-state index < -0.39 is 0 Å². The van der Waals surface area contributed by atoms with E-state index in [1.54, 1.807) is 6.20 Å². The van der Waals surface area contributed by atoms with Crippen molar-refractivity contribution in [2.45, 2.75) is 32.6 Å². The Labute approximate surface area is 96.3 Å². The lowest BCUT2D eigenvalue weighted by molar-refractivity contribution is 0.300. The quantitative estimate of drug-likeness (QED) is 0.847. The predicted molar refractivity (Wildman–Crippen MR) is 63.8 cm³/mol. The number of anilines is 1. The summed E-state index contributed by atoms with van der Waals surface area (Å²) in [7, 11) is 0. The average molecular weight is 222 g/mol. The smallest absolute Gasteiger partial charge is 0.143 e. The first-order valence-electron chi connectivity index (χ1n) is 6.08. The molecule has 1 aromatic heterocycles. The van der Waals surface area contributed by atoms with E-state index in [-0.39, 0.29) is 5.82 Å². The molecule has 0 amide bonds. The van der Waals surface area contributed by atoms with Gasteiger partial charge in [0, 0.05) is 12.6 Å². The van der Waals surface area contributed by atoms with Gasteiger partial charge in [-0.25, -0.2) is 4.39 Å². The van der Waals surface area contributed by atoms with Crippen LogP contribution in [0.4, 0.5) is 10.1 Å². The van der Waals surface area contributed by atoms with Gasteiger partial charge >= 0.3 is 0 Å². The number of pyridine rings is 1. The molecular formula is C13H19FN2. The predicted octanol–water partition coefficient (Wildman–Crippen LogP) is 3.46. The highest BCUT2D eigenvalue weighted by molar-refractivity contribution is 5.40. The number of nitrogens with zero attached hydrogens (tertiary/aromatic N) is 1. The van der Waals surface area contributed by atoms with Crippen LogP contribution in [-0.2, 0) is 0 Å². The lowest BCUT2D eigenvalue weighted by Gasteiger charge is -2.26. The summed E-state index contributed by atoms with van der Waals surface area (Å²) in [4.78, 5) is 3.82. The Bertz CT molecular complexity index is 332. The van der Waals surface area contributed by atoms with Gasteiger partial charge in [-0.1, -0.05) is 19.8 Å². The normalized spacial score (nSPS) is 25.4. The second kappa shape index (κ2) is 5.28. The number of hydrogen-bond donors (Lipinski definition) is 1. The maximum atomic E-state index is 12.9. The summed E-state index contributed by atoms with van der Waals surface area (Å²) in [5, 5.41) is 3.27. The van der Waals surface area contributed by atoms with Crippen molar-refractivity contribution < 1.29 is 4.39 Å². The molecule has 0 atom stereocenters. The van der Waals surface area contributed by atoms with Crippen LogP contribution in [0, 0.1) is 17.7 Å². The van der Waals surface area contributed by atoms with Gasteiger partial charge in [-0.2, -0.15) is 0 Å². The summed E-state index contributed by atoms with van der Waals surface area (Å²) in [6, 6.07) is 1.50. The topological polar surface area (TPSA) is 24.9 Å². The van der Waals surface area contributed by atoms with Gasteiger partial charge in [0.2, 0.25) is 0 Å². The van der Waals surface area contributed by atoms with E-state index >= 15 is 0 Å². The van der Waals surface area contributed by atoms with Crippen LogP contribution in [0.15, 0.2) is 18.5 Å². The van der Waals surface area contributed by atoms with Crippen LogP contribution in [0.2, 0.25) is 0 Å². The van der Waals surface area contributed by atoms with Crippen molar-refractivity contribution in [3.8, 4) is 0 Å². The first kappa shape index (κ1) is 11.4. The zero-order valence-electron chi connectivity index (χ0n) is 9.75. The van der Waals surface area contributed by atoms with Gasteiger partial charge in [-0.3, -0.25) is 4.98 Å². The second-order valence-electron chi connectivity index (χ2n) is 4.90. The monoisotopic (exact) mass is 222 g/mol. The molecule has 1 aromatic rings. The van der Waals surface area contributed by atoms with Crippen LogP contribution in [-0.4, -0.2) is 11.5 Å².